The zero-order valence-corrected chi connectivity index (χ0v) is 10.9. The predicted molar refractivity (Wildman–Crippen MR) is 65.0 cm³/mol. The van der Waals surface area contributed by atoms with Crippen molar-refractivity contribution in [3.63, 3.8) is 0 Å². The van der Waals surface area contributed by atoms with Crippen molar-refractivity contribution in [2.75, 3.05) is 20.8 Å². The molecule has 17 heavy (non-hydrogen) atoms. The van der Waals surface area contributed by atoms with Crippen LogP contribution in [0.5, 0.6) is 11.5 Å². The minimum atomic E-state index is -0.368. The molecule has 0 atom stereocenters. The Morgan fingerprint density at radius 1 is 1.24 bits per heavy atom. The number of hydrogen-bond donors (Lipinski definition) is 0. The Hall–Kier alpha value is -1.71. The van der Waals surface area contributed by atoms with Gasteiger partial charge in [0.1, 0.15) is 17.1 Å². The lowest BCUT2D eigenvalue weighted by molar-refractivity contribution is 0.0521. The maximum absolute atomic E-state index is 11.9. The molecule has 0 saturated heterocycles. The molecule has 0 aromatic heterocycles. The molecular weight excluding hydrogens is 220 g/mol. The second kappa shape index (κ2) is 5.57. The van der Waals surface area contributed by atoms with Crippen LogP contribution in [0.15, 0.2) is 6.07 Å². The van der Waals surface area contributed by atoms with Gasteiger partial charge in [0.2, 0.25) is 0 Å². The molecule has 0 N–H and O–H groups in total. The minimum absolute atomic E-state index is 0.340. The van der Waals surface area contributed by atoms with E-state index in [0.29, 0.717) is 23.7 Å². The average Bonchev–Trinajstić information content (AvgIpc) is 2.31. The van der Waals surface area contributed by atoms with Gasteiger partial charge in [-0.2, -0.15) is 0 Å². The quantitative estimate of drug-likeness (QED) is 0.756. The van der Waals surface area contributed by atoms with Crippen LogP contribution in [0.4, 0.5) is 0 Å². The van der Waals surface area contributed by atoms with Crippen LogP contribution in [0.25, 0.3) is 0 Å². The maximum atomic E-state index is 11.9. The number of carbonyl (C=O) groups excluding carboxylic acids is 1. The van der Waals surface area contributed by atoms with Gasteiger partial charge in [-0.05, 0) is 32.4 Å². The molecule has 1 aromatic rings. The van der Waals surface area contributed by atoms with Gasteiger partial charge in [0.25, 0.3) is 0 Å². The second-order valence-electron chi connectivity index (χ2n) is 3.65. The van der Waals surface area contributed by atoms with Crippen molar-refractivity contribution in [2.24, 2.45) is 0 Å². The van der Waals surface area contributed by atoms with E-state index in [1.54, 1.807) is 14.0 Å². The third kappa shape index (κ3) is 2.52. The molecule has 0 amide bonds. The maximum Gasteiger partial charge on any atom is 0.342 e. The molecule has 0 radical (unpaired) electrons. The van der Waals surface area contributed by atoms with Gasteiger partial charge in [0.05, 0.1) is 20.8 Å². The summed E-state index contributed by atoms with van der Waals surface area (Å²) in [6.07, 6.45) is 0. The van der Waals surface area contributed by atoms with E-state index < -0.39 is 0 Å². The highest BCUT2D eigenvalue weighted by Gasteiger charge is 2.21. The van der Waals surface area contributed by atoms with E-state index in [0.717, 1.165) is 11.1 Å². The Bertz CT molecular complexity index is 424. The van der Waals surface area contributed by atoms with Crippen molar-refractivity contribution in [3.8, 4) is 11.5 Å². The van der Waals surface area contributed by atoms with Crippen molar-refractivity contribution in [1.82, 2.24) is 0 Å². The van der Waals surface area contributed by atoms with Crippen LogP contribution in [0, 0.1) is 13.8 Å². The van der Waals surface area contributed by atoms with Crippen LogP contribution in [0.3, 0.4) is 0 Å². The summed E-state index contributed by atoms with van der Waals surface area (Å²) in [6.45, 7) is 5.79. The van der Waals surface area contributed by atoms with Crippen LogP contribution >= 0.6 is 0 Å². The molecular formula is C13H18O4. The Labute approximate surface area is 101 Å². The number of aryl methyl sites for hydroxylation is 1. The first-order valence-electron chi connectivity index (χ1n) is 5.46. The lowest BCUT2D eigenvalue weighted by Gasteiger charge is -2.16. The van der Waals surface area contributed by atoms with Crippen molar-refractivity contribution < 1.29 is 19.0 Å². The second-order valence-corrected chi connectivity index (χ2v) is 3.65. The number of hydrogen-bond acceptors (Lipinski definition) is 4. The Morgan fingerprint density at radius 3 is 2.35 bits per heavy atom. The fourth-order valence-electron chi connectivity index (χ4n) is 1.78. The molecule has 0 saturated carbocycles. The monoisotopic (exact) mass is 238 g/mol. The van der Waals surface area contributed by atoms with E-state index in [-0.39, 0.29) is 5.97 Å². The summed E-state index contributed by atoms with van der Waals surface area (Å²) >= 11 is 0. The summed E-state index contributed by atoms with van der Waals surface area (Å²) in [4.78, 5) is 11.9. The lowest BCUT2D eigenvalue weighted by Crippen LogP contribution is -2.10. The first kappa shape index (κ1) is 13.4. The number of benzene rings is 1. The van der Waals surface area contributed by atoms with Crippen molar-refractivity contribution in [1.29, 1.82) is 0 Å². The number of ether oxygens (including phenoxy) is 3. The fourth-order valence-corrected chi connectivity index (χ4v) is 1.78. The summed E-state index contributed by atoms with van der Waals surface area (Å²) in [5.74, 6) is 0.848. The summed E-state index contributed by atoms with van der Waals surface area (Å²) < 4.78 is 15.5. The fraction of sp³-hybridized carbons (Fsp3) is 0.462. The highest BCUT2D eigenvalue weighted by molar-refractivity contribution is 5.95. The number of esters is 1. The van der Waals surface area contributed by atoms with E-state index in [1.807, 2.05) is 19.9 Å². The number of rotatable bonds is 4. The normalized spacial score (nSPS) is 9.94. The molecule has 0 heterocycles. The van der Waals surface area contributed by atoms with Gasteiger partial charge < -0.3 is 14.2 Å². The van der Waals surface area contributed by atoms with Gasteiger partial charge in [0.15, 0.2) is 0 Å². The topological polar surface area (TPSA) is 44.8 Å². The molecule has 0 aliphatic rings. The zero-order valence-electron chi connectivity index (χ0n) is 10.9. The van der Waals surface area contributed by atoms with E-state index in [4.69, 9.17) is 14.2 Å². The smallest absolute Gasteiger partial charge is 0.342 e. The number of methoxy groups -OCH3 is 2. The number of carbonyl (C=O) groups is 1. The van der Waals surface area contributed by atoms with Gasteiger partial charge in [-0.3, -0.25) is 0 Å². The van der Waals surface area contributed by atoms with Crippen LogP contribution < -0.4 is 9.47 Å². The third-order valence-electron chi connectivity index (χ3n) is 2.58. The standard InChI is InChI=1S/C13H18O4/c1-6-17-13(14)11-8(2)7-10(15-4)9(3)12(11)16-5/h7H,6H2,1-5H3. The van der Waals surface area contributed by atoms with Crippen molar-refractivity contribution in [2.45, 2.75) is 20.8 Å². The SMILES string of the molecule is CCOC(=O)c1c(C)cc(OC)c(C)c1OC. The van der Waals surface area contributed by atoms with Gasteiger partial charge >= 0.3 is 5.97 Å². The van der Waals surface area contributed by atoms with Crippen LogP contribution in [0.1, 0.15) is 28.4 Å². The van der Waals surface area contributed by atoms with Gasteiger partial charge in [-0.15, -0.1) is 0 Å². The molecule has 0 aliphatic carbocycles. The van der Waals surface area contributed by atoms with Crippen LogP contribution in [0.2, 0.25) is 0 Å². The van der Waals surface area contributed by atoms with Crippen molar-refractivity contribution >= 4 is 5.97 Å². The van der Waals surface area contributed by atoms with E-state index in [9.17, 15) is 4.79 Å². The summed E-state index contributed by atoms with van der Waals surface area (Å²) in [5.41, 5.74) is 2.04. The summed E-state index contributed by atoms with van der Waals surface area (Å²) in [5, 5.41) is 0. The molecule has 0 spiro atoms. The summed E-state index contributed by atoms with van der Waals surface area (Å²) in [7, 11) is 3.12. The largest absolute Gasteiger partial charge is 0.496 e. The Balaban J connectivity index is 3.38. The van der Waals surface area contributed by atoms with Gasteiger partial charge in [-0.25, -0.2) is 4.79 Å². The first-order valence-corrected chi connectivity index (χ1v) is 5.46. The Kier molecular flexibility index (Phi) is 4.37. The molecule has 1 aromatic carbocycles. The molecule has 0 unspecified atom stereocenters. The molecule has 0 aliphatic heterocycles. The van der Waals surface area contributed by atoms with Gasteiger partial charge in [0, 0.05) is 5.56 Å². The molecule has 0 bridgehead atoms. The molecule has 4 nitrogen and oxygen atoms in total. The van der Waals surface area contributed by atoms with E-state index in [2.05, 4.69) is 0 Å². The van der Waals surface area contributed by atoms with Crippen LogP contribution in [-0.4, -0.2) is 26.8 Å². The predicted octanol–water partition coefficient (Wildman–Crippen LogP) is 2.50. The minimum Gasteiger partial charge on any atom is -0.496 e. The third-order valence-corrected chi connectivity index (χ3v) is 2.58. The van der Waals surface area contributed by atoms with Crippen molar-refractivity contribution in [3.05, 3.63) is 22.8 Å². The molecule has 94 valence electrons. The van der Waals surface area contributed by atoms with Crippen LogP contribution in [-0.2, 0) is 4.74 Å². The Morgan fingerprint density at radius 2 is 1.88 bits per heavy atom. The molecule has 1 rings (SSSR count). The van der Waals surface area contributed by atoms with Gasteiger partial charge in [-0.1, -0.05) is 0 Å². The molecule has 0 fully saturated rings. The average molecular weight is 238 g/mol. The molecule has 4 heteroatoms. The summed E-state index contributed by atoms with van der Waals surface area (Å²) in [6, 6.07) is 1.81. The zero-order chi connectivity index (χ0) is 13.0. The lowest BCUT2D eigenvalue weighted by atomic mass is 10.0. The van der Waals surface area contributed by atoms with E-state index in [1.165, 1.54) is 7.11 Å². The van der Waals surface area contributed by atoms with E-state index >= 15 is 0 Å². The first-order chi connectivity index (χ1) is 8.06. The highest BCUT2D eigenvalue weighted by Crippen LogP contribution is 2.34. The highest BCUT2D eigenvalue weighted by atomic mass is 16.5.